The monoisotopic (exact) mass is 333 g/mol. The first-order chi connectivity index (χ1) is 12.2. The molecule has 0 bridgehead atoms. The summed E-state index contributed by atoms with van der Waals surface area (Å²) in [7, 11) is 0. The average molecular weight is 333 g/mol. The molecule has 7 heteroatoms. The van der Waals surface area contributed by atoms with Crippen molar-refractivity contribution >= 4 is 17.1 Å². The zero-order valence-electron chi connectivity index (χ0n) is 13.3. The van der Waals surface area contributed by atoms with E-state index in [-0.39, 0.29) is 12.5 Å². The normalized spacial score (nSPS) is 17.2. The van der Waals surface area contributed by atoms with Crippen molar-refractivity contribution in [2.75, 3.05) is 11.4 Å². The van der Waals surface area contributed by atoms with Crippen LogP contribution in [0.5, 0.6) is 0 Å². The molecule has 124 valence electrons. The number of nitriles is 1. The van der Waals surface area contributed by atoms with Gasteiger partial charge in [0.05, 0.1) is 29.6 Å². The summed E-state index contributed by atoms with van der Waals surface area (Å²) in [5.74, 6) is -0.746. The number of aliphatic hydroxyl groups excluding tert-OH is 1. The Morgan fingerprint density at radius 3 is 2.96 bits per heavy atom. The van der Waals surface area contributed by atoms with Gasteiger partial charge in [0.15, 0.2) is 0 Å². The highest BCUT2D eigenvalue weighted by molar-refractivity contribution is 6.02. The predicted octanol–water partition coefficient (Wildman–Crippen LogP) is 1.77. The molecule has 1 aliphatic heterocycles. The molecule has 0 aromatic carbocycles. The van der Waals surface area contributed by atoms with Gasteiger partial charge < -0.3 is 10.0 Å². The van der Waals surface area contributed by atoms with Crippen LogP contribution in [0.15, 0.2) is 42.9 Å². The molecule has 1 aliphatic rings. The number of aliphatic hydroxyl groups is 1. The van der Waals surface area contributed by atoms with E-state index in [0.717, 1.165) is 28.0 Å². The minimum atomic E-state index is -0.578. The maximum absolute atomic E-state index is 12.4. The highest BCUT2D eigenvalue weighted by Gasteiger charge is 2.33. The van der Waals surface area contributed by atoms with Crippen molar-refractivity contribution in [2.45, 2.75) is 13.0 Å². The molecule has 3 aromatic heterocycles. The van der Waals surface area contributed by atoms with Crippen molar-refractivity contribution < 1.29 is 9.90 Å². The van der Waals surface area contributed by atoms with Gasteiger partial charge >= 0.3 is 0 Å². The summed E-state index contributed by atoms with van der Waals surface area (Å²) < 4.78 is 1.70. The SMILES string of the molecule is N#CC1CCN(c2ccnn3cc(-c4cc(CO)ccn4)cc23)C1=O. The summed E-state index contributed by atoms with van der Waals surface area (Å²) in [5.41, 5.74) is 3.87. The zero-order valence-corrected chi connectivity index (χ0v) is 13.3. The van der Waals surface area contributed by atoms with Gasteiger partial charge in [0.2, 0.25) is 5.91 Å². The average Bonchev–Trinajstić information content (AvgIpc) is 3.25. The summed E-state index contributed by atoms with van der Waals surface area (Å²) in [5, 5.41) is 22.7. The molecular weight excluding hydrogens is 318 g/mol. The lowest BCUT2D eigenvalue weighted by Crippen LogP contribution is -2.27. The van der Waals surface area contributed by atoms with Crippen LogP contribution in [0.4, 0.5) is 5.69 Å². The number of amides is 1. The Hall–Kier alpha value is -3.24. The number of fused-ring (bicyclic) bond motifs is 1. The number of hydrogen-bond acceptors (Lipinski definition) is 5. The number of rotatable bonds is 3. The predicted molar refractivity (Wildman–Crippen MR) is 90.4 cm³/mol. The molecule has 0 saturated carbocycles. The van der Waals surface area contributed by atoms with E-state index in [1.807, 2.05) is 18.3 Å². The third-order valence-electron chi connectivity index (χ3n) is 4.44. The van der Waals surface area contributed by atoms with Crippen LogP contribution in [-0.4, -0.2) is 32.2 Å². The number of aromatic nitrogens is 3. The van der Waals surface area contributed by atoms with Gasteiger partial charge in [-0.15, -0.1) is 0 Å². The second-order valence-corrected chi connectivity index (χ2v) is 5.94. The van der Waals surface area contributed by atoms with Gasteiger partial charge in [0.25, 0.3) is 0 Å². The number of hydrogen-bond donors (Lipinski definition) is 1. The molecule has 1 saturated heterocycles. The van der Waals surface area contributed by atoms with Crippen LogP contribution in [0.3, 0.4) is 0 Å². The molecule has 7 nitrogen and oxygen atoms in total. The van der Waals surface area contributed by atoms with Gasteiger partial charge in [0.1, 0.15) is 5.92 Å². The Morgan fingerprint density at radius 2 is 2.20 bits per heavy atom. The smallest absolute Gasteiger partial charge is 0.244 e. The number of pyridine rings is 1. The molecule has 0 radical (unpaired) electrons. The van der Waals surface area contributed by atoms with E-state index in [9.17, 15) is 9.90 Å². The summed E-state index contributed by atoms with van der Waals surface area (Å²) in [6.45, 7) is 0.472. The molecular formula is C18H15N5O2. The second kappa shape index (κ2) is 6.00. The first kappa shape index (κ1) is 15.3. The molecule has 0 spiro atoms. The molecule has 3 aromatic rings. The molecule has 1 atom stereocenters. The van der Waals surface area contributed by atoms with Crippen molar-refractivity contribution in [3.63, 3.8) is 0 Å². The minimum Gasteiger partial charge on any atom is -0.392 e. The number of carbonyl (C=O) groups is 1. The Balaban J connectivity index is 1.79. The summed E-state index contributed by atoms with van der Waals surface area (Å²) in [6, 6.07) is 9.34. The van der Waals surface area contributed by atoms with Crippen molar-refractivity contribution in [3.05, 3.63) is 48.4 Å². The van der Waals surface area contributed by atoms with Crippen molar-refractivity contribution in [2.24, 2.45) is 5.92 Å². The first-order valence-electron chi connectivity index (χ1n) is 7.96. The minimum absolute atomic E-state index is 0.0514. The molecule has 1 fully saturated rings. The number of anilines is 1. The second-order valence-electron chi connectivity index (χ2n) is 5.94. The van der Waals surface area contributed by atoms with Crippen molar-refractivity contribution in [3.8, 4) is 17.3 Å². The van der Waals surface area contributed by atoms with Gasteiger partial charge in [-0.25, -0.2) is 4.52 Å². The lowest BCUT2D eigenvalue weighted by molar-refractivity contribution is -0.118. The maximum atomic E-state index is 12.4. The highest BCUT2D eigenvalue weighted by atomic mass is 16.3. The molecule has 4 heterocycles. The van der Waals surface area contributed by atoms with E-state index in [4.69, 9.17) is 5.26 Å². The third kappa shape index (κ3) is 2.53. The van der Waals surface area contributed by atoms with Gasteiger partial charge in [-0.05, 0) is 36.2 Å². The van der Waals surface area contributed by atoms with Gasteiger partial charge in [-0.2, -0.15) is 10.4 Å². The fraction of sp³-hybridized carbons (Fsp3) is 0.222. The summed E-state index contributed by atoms with van der Waals surface area (Å²) >= 11 is 0. The van der Waals surface area contributed by atoms with Crippen LogP contribution in [-0.2, 0) is 11.4 Å². The molecule has 4 rings (SSSR count). The summed E-state index contributed by atoms with van der Waals surface area (Å²) in [6.07, 6.45) is 5.66. The first-order valence-corrected chi connectivity index (χ1v) is 7.96. The van der Waals surface area contributed by atoms with E-state index in [1.54, 1.807) is 33.9 Å². The van der Waals surface area contributed by atoms with Crippen molar-refractivity contribution in [1.82, 2.24) is 14.6 Å². The van der Waals surface area contributed by atoms with E-state index >= 15 is 0 Å². The lowest BCUT2D eigenvalue weighted by Gasteiger charge is -2.16. The zero-order chi connectivity index (χ0) is 17.4. The van der Waals surface area contributed by atoms with Crippen LogP contribution in [0.25, 0.3) is 16.8 Å². The molecule has 1 unspecified atom stereocenters. The van der Waals surface area contributed by atoms with E-state index in [0.29, 0.717) is 13.0 Å². The molecule has 1 amide bonds. The topological polar surface area (TPSA) is 94.5 Å². The summed E-state index contributed by atoms with van der Waals surface area (Å²) in [4.78, 5) is 18.4. The number of nitrogens with zero attached hydrogens (tertiary/aromatic N) is 5. The maximum Gasteiger partial charge on any atom is 0.244 e. The largest absolute Gasteiger partial charge is 0.392 e. The Morgan fingerprint density at radius 1 is 1.32 bits per heavy atom. The Bertz CT molecular complexity index is 1000. The number of carbonyl (C=O) groups excluding carboxylic acids is 1. The van der Waals surface area contributed by atoms with Crippen LogP contribution >= 0.6 is 0 Å². The van der Waals surface area contributed by atoms with E-state index in [1.165, 1.54) is 0 Å². The molecule has 25 heavy (non-hydrogen) atoms. The van der Waals surface area contributed by atoms with Crippen LogP contribution in [0, 0.1) is 17.2 Å². The van der Waals surface area contributed by atoms with Gasteiger partial charge in [-0.1, -0.05) is 0 Å². The van der Waals surface area contributed by atoms with Gasteiger partial charge in [0, 0.05) is 30.7 Å². The Labute approximate surface area is 143 Å². The third-order valence-corrected chi connectivity index (χ3v) is 4.44. The molecule has 0 aliphatic carbocycles. The van der Waals surface area contributed by atoms with Crippen LogP contribution in [0.2, 0.25) is 0 Å². The lowest BCUT2D eigenvalue weighted by atomic mass is 10.1. The fourth-order valence-electron chi connectivity index (χ4n) is 3.14. The molecule has 1 N–H and O–H groups in total. The standard InChI is InChI=1S/C18H15N5O2/c19-9-13-3-6-22(18(13)25)16-2-5-21-23-10-14(8-17(16)23)15-7-12(11-24)1-4-20-15/h1-2,4-5,7-8,10,13,24H,3,6,11H2. The highest BCUT2D eigenvalue weighted by Crippen LogP contribution is 2.31. The van der Waals surface area contributed by atoms with E-state index in [2.05, 4.69) is 16.2 Å². The fourth-order valence-corrected chi connectivity index (χ4v) is 3.14. The van der Waals surface area contributed by atoms with Crippen LogP contribution < -0.4 is 4.90 Å². The van der Waals surface area contributed by atoms with Crippen LogP contribution in [0.1, 0.15) is 12.0 Å². The Kier molecular flexibility index (Phi) is 3.67. The van der Waals surface area contributed by atoms with Crippen molar-refractivity contribution in [1.29, 1.82) is 5.26 Å². The van der Waals surface area contributed by atoms with Gasteiger partial charge in [-0.3, -0.25) is 9.78 Å². The van der Waals surface area contributed by atoms with E-state index < -0.39 is 5.92 Å². The quantitative estimate of drug-likeness (QED) is 0.788.